The minimum Gasteiger partial charge on any atom is -0.481 e. The van der Waals surface area contributed by atoms with Gasteiger partial charge in [-0.15, -0.1) is 0 Å². The first-order valence-electron chi connectivity index (χ1n) is 9.18. The molecule has 0 spiro atoms. The molecule has 0 unspecified atom stereocenters. The van der Waals surface area contributed by atoms with Crippen molar-refractivity contribution in [2.75, 3.05) is 13.1 Å². The molecule has 1 amide bonds. The van der Waals surface area contributed by atoms with Crippen LogP contribution in [0.15, 0.2) is 29.4 Å². The van der Waals surface area contributed by atoms with Crippen molar-refractivity contribution in [3.05, 3.63) is 24.5 Å². The summed E-state index contributed by atoms with van der Waals surface area (Å²) < 4.78 is 26.6. The van der Waals surface area contributed by atoms with E-state index in [0.29, 0.717) is 25.7 Å². The normalized spacial score (nSPS) is 16.8. The first kappa shape index (κ1) is 21.3. The van der Waals surface area contributed by atoms with Crippen molar-refractivity contribution in [1.82, 2.24) is 14.6 Å². The van der Waals surface area contributed by atoms with Crippen LogP contribution in [-0.4, -0.2) is 53.3 Å². The van der Waals surface area contributed by atoms with Crippen LogP contribution in [0.4, 0.5) is 0 Å². The molecule has 2 N–H and O–H groups in total. The Kier molecular flexibility index (Phi) is 6.94. The third kappa shape index (κ3) is 5.04. The minimum absolute atomic E-state index is 0.125. The number of nitrogens with one attached hydrogen (secondary N) is 1. The summed E-state index contributed by atoms with van der Waals surface area (Å²) in [5.41, 5.74) is -0.762. The van der Waals surface area contributed by atoms with Gasteiger partial charge in [-0.1, -0.05) is 13.8 Å². The van der Waals surface area contributed by atoms with Crippen LogP contribution in [0, 0.1) is 5.92 Å². The van der Waals surface area contributed by atoms with Crippen molar-refractivity contribution in [3.63, 3.8) is 0 Å². The number of hydrogen-bond acceptors (Lipinski definition) is 5. The Morgan fingerprint density at radius 2 is 1.93 bits per heavy atom. The van der Waals surface area contributed by atoms with Crippen LogP contribution in [0.3, 0.4) is 0 Å². The fraction of sp³-hybridized carbons (Fsp3) is 0.611. The highest BCUT2D eigenvalue weighted by atomic mass is 32.2. The third-order valence-electron chi connectivity index (χ3n) is 5.33. The largest absolute Gasteiger partial charge is 0.481 e. The molecule has 0 atom stereocenters. The molecular weight excluding hydrogens is 370 g/mol. The lowest BCUT2D eigenvalue weighted by Crippen LogP contribution is -2.52. The molecule has 1 aromatic rings. The molecule has 1 aromatic heterocycles. The molecule has 150 valence electrons. The molecule has 1 aliphatic heterocycles. The van der Waals surface area contributed by atoms with E-state index in [9.17, 15) is 18.0 Å². The molecule has 1 saturated heterocycles. The molecule has 9 heteroatoms. The van der Waals surface area contributed by atoms with Crippen LogP contribution < -0.4 is 5.32 Å². The summed E-state index contributed by atoms with van der Waals surface area (Å²) in [5.74, 6) is -1.47. The van der Waals surface area contributed by atoms with E-state index in [1.165, 1.54) is 22.8 Å². The summed E-state index contributed by atoms with van der Waals surface area (Å²) >= 11 is 0. The first-order chi connectivity index (χ1) is 12.7. The molecule has 1 fully saturated rings. The Labute approximate surface area is 160 Å². The molecule has 0 aliphatic carbocycles. The second-order valence-electron chi connectivity index (χ2n) is 6.91. The summed E-state index contributed by atoms with van der Waals surface area (Å²) in [5, 5.41) is 12.1. The molecule has 2 rings (SSSR count). The van der Waals surface area contributed by atoms with Crippen LogP contribution in [0.5, 0.6) is 0 Å². The van der Waals surface area contributed by atoms with Gasteiger partial charge < -0.3 is 10.4 Å². The van der Waals surface area contributed by atoms with Crippen LogP contribution in [-0.2, 0) is 19.6 Å². The molecule has 27 heavy (non-hydrogen) atoms. The number of amides is 1. The van der Waals surface area contributed by atoms with Gasteiger partial charge in [0.2, 0.25) is 15.9 Å². The summed E-state index contributed by atoms with van der Waals surface area (Å²) in [6.07, 6.45) is 4.56. The van der Waals surface area contributed by atoms with Gasteiger partial charge in [-0.05, 0) is 37.8 Å². The quantitative estimate of drug-likeness (QED) is 0.689. The summed E-state index contributed by atoms with van der Waals surface area (Å²) in [6.45, 7) is 4.21. The number of carbonyl (C=O) groups is 2. The zero-order valence-corrected chi connectivity index (χ0v) is 16.5. The van der Waals surface area contributed by atoms with Gasteiger partial charge in [-0.2, -0.15) is 4.31 Å². The highest BCUT2D eigenvalue weighted by Gasteiger charge is 2.36. The summed E-state index contributed by atoms with van der Waals surface area (Å²) in [7, 11) is -3.61. The number of sulfonamides is 1. The standard InChI is InChI=1S/C18H27N3O5S/c1-3-18(4-2,12-16(22)23)20-17(24)14-7-10-21(11-8-14)27(25,26)15-6-5-9-19-13-15/h5-6,9,13-14H,3-4,7-8,10-12H2,1-2H3,(H,20,24)(H,22,23). The Hall–Kier alpha value is -2.00. The van der Waals surface area contributed by atoms with Crippen molar-refractivity contribution >= 4 is 21.9 Å². The average Bonchev–Trinajstić information content (AvgIpc) is 2.67. The lowest BCUT2D eigenvalue weighted by molar-refractivity contribution is -0.139. The zero-order chi connectivity index (χ0) is 20.1. The number of pyridine rings is 1. The number of carbonyl (C=O) groups excluding carboxylic acids is 1. The van der Waals surface area contributed by atoms with Gasteiger partial charge in [0.25, 0.3) is 0 Å². The van der Waals surface area contributed by atoms with E-state index in [2.05, 4.69) is 10.3 Å². The minimum atomic E-state index is -3.61. The highest BCUT2D eigenvalue weighted by Crippen LogP contribution is 2.26. The number of carboxylic acids is 1. The highest BCUT2D eigenvalue weighted by molar-refractivity contribution is 7.89. The number of aliphatic carboxylic acids is 1. The molecule has 0 aromatic carbocycles. The molecule has 2 heterocycles. The molecule has 0 bridgehead atoms. The van der Waals surface area contributed by atoms with E-state index in [0.717, 1.165) is 0 Å². The van der Waals surface area contributed by atoms with Gasteiger partial charge in [0.15, 0.2) is 0 Å². The maximum Gasteiger partial charge on any atom is 0.305 e. The van der Waals surface area contributed by atoms with Gasteiger partial charge in [-0.3, -0.25) is 14.6 Å². The Morgan fingerprint density at radius 3 is 2.41 bits per heavy atom. The average molecular weight is 397 g/mol. The van der Waals surface area contributed by atoms with Crippen molar-refractivity contribution in [2.45, 2.75) is 56.4 Å². The van der Waals surface area contributed by atoms with E-state index in [-0.39, 0.29) is 36.2 Å². The van der Waals surface area contributed by atoms with Crippen LogP contribution in [0.2, 0.25) is 0 Å². The van der Waals surface area contributed by atoms with Gasteiger partial charge in [-0.25, -0.2) is 8.42 Å². The number of carboxylic acid groups (broad SMARTS) is 1. The maximum absolute atomic E-state index is 12.7. The fourth-order valence-electron chi connectivity index (χ4n) is 3.38. The number of nitrogens with zero attached hydrogens (tertiary/aromatic N) is 2. The predicted molar refractivity (Wildman–Crippen MR) is 99.4 cm³/mol. The van der Waals surface area contributed by atoms with E-state index >= 15 is 0 Å². The van der Waals surface area contributed by atoms with Crippen molar-refractivity contribution < 1.29 is 23.1 Å². The molecule has 0 radical (unpaired) electrons. The second-order valence-corrected chi connectivity index (χ2v) is 8.85. The zero-order valence-electron chi connectivity index (χ0n) is 15.7. The van der Waals surface area contributed by atoms with Crippen molar-refractivity contribution in [1.29, 1.82) is 0 Å². The van der Waals surface area contributed by atoms with Crippen molar-refractivity contribution in [2.24, 2.45) is 5.92 Å². The predicted octanol–water partition coefficient (Wildman–Crippen LogP) is 1.63. The number of aromatic nitrogens is 1. The van der Waals surface area contributed by atoms with E-state index in [4.69, 9.17) is 5.11 Å². The van der Waals surface area contributed by atoms with Gasteiger partial charge in [0, 0.05) is 36.9 Å². The Balaban J connectivity index is 2.00. The Morgan fingerprint density at radius 1 is 1.30 bits per heavy atom. The van der Waals surface area contributed by atoms with E-state index in [1.54, 1.807) is 6.07 Å². The van der Waals surface area contributed by atoms with E-state index < -0.39 is 21.5 Å². The smallest absolute Gasteiger partial charge is 0.305 e. The molecular formula is C18H27N3O5S. The van der Waals surface area contributed by atoms with Crippen LogP contribution in [0.25, 0.3) is 0 Å². The third-order valence-corrected chi connectivity index (χ3v) is 7.21. The Bertz CT molecular complexity index is 754. The topological polar surface area (TPSA) is 117 Å². The number of hydrogen-bond donors (Lipinski definition) is 2. The maximum atomic E-state index is 12.7. The fourth-order valence-corrected chi connectivity index (χ4v) is 4.82. The van der Waals surface area contributed by atoms with Crippen LogP contribution in [0.1, 0.15) is 46.0 Å². The SMILES string of the molecule is CCC(CC)(CC(=O)O)NC(=O)C1CCN(S(=O)(=O)c2cccnc2)CC1. The monoisotopic (exact) mass is 397 g/mol. The molecule has 0 saturated carbocycles. The number of rotatable bonds is 8. The van der Waals surface area contributed by atoms with Crippen LogP contribution >= 0.6 is 0 Å². The number of piperidine rings is 1. The lowest BCUT2D eigenvalue weighted by atomic mass is 9.87. The molecule has 8 nitrogen and oxygen atoms in total. The summed E-state index contributed by atoms with van der Waals surface area (Å²) in [6, 6.07) is 3.08. The van der Waals surface area contributed by atoms with Gasteiger partial charge in [0.1, 0.15) is 4.90 Å². The van der Waals surface area contributed by atoms with E-state index in [1.807, 2.05) is 13.8 Å². The molecule has 1 aliphatic rings. The first-order valence-corrected chi connectivity index (χ1v) is 10.6. The van der Waals surface area contributed by atoms with Crippen molar-refractivity contribution in [3.8, 4) is 0 Å². The second kappa shape index (κ2) is 8.79. The van der Waals surface area contributed by atoms with Gasteiger partial charge >= 0.3 is 5.97 Å². The summed E-state index contributed by atoms with van der Waals surface area (Å²) in [4.78, 5) is 27.8. The van der Waals surface area contributed by atoms with Gasteiger partial charge in [0.05, 0.1) is 6.42 Å². The lowest BCUT2D eigenvalue weighted by Gasteiger charge is -2.35.